The molecule has 0 radical (unpaired) electrons. The number of hydrogen-bond donors (Lipinski definition) is 1. The highest BCUT2D eigenvalue weighted by Gasteiger charge is 2.04. The summed E-state index contributed by atoms with van der Waals surface area (Å²) in [4.78, 5) is 4.66. The molecule has 0 aliphatic rings. The lowest BCUT2D eigenvalue weighted by molar-refractivity contribution is 0.554. The van der Waals surface area contributed by atoms with Gasteiger partial charge >= 0.3 is 0 Å². The molecule has 2 aromatic rings. The summed E-state index contributed by atoms with van der Waals surface area (Å²) in [7, 11) is 0. The van der Waals surface area contributed by atoms with Gasteiger partial charge in [-0.25, -0.2) is 4.98 Å². The van der Waals surface area contributed by atoms with E-state index in [0.717, 1.165) is 35.8 Å². The van der Waals surface area contributed by atoms with Gasteiger partial charge in [0.25, 0.3) is 0 Å². The van der Waals surface area contributed by atoms with Gasteiger partial charge in [0, 0.05) is 28.9 Å². The molecule has 0 saturated heterocycles. The Labute approximate surface area is 123 Å². The second kappa shape index (κ2) is 7.04. The van der Waals surface area contributed by atoms with Crippen LogP contribution in [-0.2, 0) is 6.42 Å². The highest BCUT2D eigenvalue weighted by molar-refractivity contribution is 7.09. The summed E-state index contributed by atoms with van der Waals surface area (Å²) in [6.45, 7) is 6.49. The van der Waals surface area contributed by atoms with Crippen molar-refractivity contribution in [1.29, 1.82) is 0 Å². The molecule has 2 rings (SSSR count). The van der Waals surface area contributed by atoms with Crippen LogP contribution in [0.5, 0.6) is 0 Å². The summed E-state index contributed by atoms with van der Waals surface area (Å²) in [5.41, 5.74) is 2.17. The van der Waals surface area contributed by atoms with Gasteiger partial charge in [-0.05, 0) is 24.6 Å². The monoisotopic (exact) mass is 294 g/mol. The van der Waals surface area contributed by atoms with E-state index in [2.05, 4.69) is 29.5 Å². The molecule has 1 aromatic carbocycles. The third-order valence-corrected chi connectivity index (χ3v) is 3.92. The van der Waals surface area contributed by atoms with E-state index in [1.807, 2.05) is 24.3 Å². The minimum absolute atomic E-state index is 0.695. The first-order chi connectivity index (χ1) is 9.15. The first-order valence-electron chi connectivity index (χ1n) is 6.56. The molecule has 0 aliphatic carbocycles. The first kappa shape index (κ1) is 14.5. The second-order valence-electron chi connectivity index (χ2n) is 4.98. The van der Waals surface area contributed by atoms with E-state index < -0.39 is 0 Å². The molecular formula is C15H19ClN2S. The molecule has 0 unspecified atom stereocenters. The van der Waals surface area contributed by atoms with Crippen molar-refractivity contribution in [1.82, 2.24) is 10.3 Å². The average Bonchev–Trinajstić information content (AvgIpc) is 2.84. The number of halogens is 1. The van der Waals surface area contributed by atoms with Gasteiger partial charge in [-0.3, -0.25) is 0 Å². The van der Waals surface area contributed by atoms with Gasteiger partial charge in [-0.15, -0.1) is 11.3 Å². The summed E-state index contributed by atoms with van der Waals surface area (Å²) in [6, 6.07) is 7.83. The largest absolute Gasteiger partial charge is 0.316 e. The van der Waals surface area contributed by atoms with Gasteiger partial charge in [0.2, 0.25) is 0 Å². The summed E-state index contributed by atoms with van der Waals surface area (Å²) >= 11 is 7.61. The van der Waals surface area contributed by atoms with E-state index in [1.165, 1.54) is 5.01 Å². The molecular weight excluding hydrogens is 276 g/mol. The fourth-order valence-electron chi connectivity index (χ4n) is 1.77. The molecule has 0 aliphatic heterocycles. The van der Waals surface area contributed by atoms with Crippen LogP contribution in [0.1, 0.15) is 18.9 Å². The minimum Gasteiger partial charge on any atom is -0.316 e. The van der Waals surface area contributed by atoms with E-state index in [-0.39, 0.29) is 0 Å². The van der Waals surface area contributed by atoms with Crippen molar-refractivity contribution < 1.29 is 0 Å². The van der Waals surface area contributed by atoms with E-state index in [9.17, 15) is 0 Å². The lowest BCUT2D eigenvalue weighted by atomic mass is 10.2. The average molecular weight is 295 g/mol. The topological polar surface area (TPSA) is 24.9 Å². The van der Waals surface area contributed by atoms with Crippen LogP contribution < -0.4 is 5.32 Å². The van der Waals surface area contributed by atoms with Crippen LogP contribution in [0.3, 0.4) is 0 Å². The van der Waals surface area contributed by atoms with Gasteiger partial charge in [-0.1, -0.05) is 37.6 Å². The Balaban J connectivity index is 1.90. The fourth-order valence-corrected chi connectivity index (χ4v) is 2.70. The summed E-state index contributed by atoms with van der Waals surface area (Å²) in [6.07, 6.45) is 0.991. The van der Waals surface area contributed by atoms with E-state index >= 15 is 0 Å². The second-order valence-corrected chi connectivity index (χ2v) is 6.36. The number of hydrogen-bond acceptors (Lipinski definition) is 3. The van der Waals surface area contributed by atoms with Crippen LogP contribution in [0.2, 0.25) is 5.02 Å². The van der Waals surface area contributed by atoms with Crippen molar-refractivity contribution >= 4 is 22.9 Å². The van der Waals surface area contributed by atoms with Gasteiger partial charge < -0.3 is 5.32 Å². The van der Waals surface area contributed by atoms with E-state index in [1.54, 1.807) is 11.3 Å². The number of aromatic nitrogens is 1. The van der Waals surface area contributed by atoms with Crippen LogP contribution in [0, 0.1) is 5.92 Å². The summed E-state index contributed by atoms with van der Waals surface area (Å²) in [5, 5.41) is 7.49. The number of rotatable bonds is 6. The zero-order chi connectivity index (χ0) is 13.7. The lowest BCUT2D eigenvalue weighted by Crippen LogP contribution is -2.22. The Morgan fingerprint density at radius 3 is 2.68 bits per heavy atom. The standard InChI is InChI=1S/C15H19ClN2S/c1-11(2)9-17-8-7-15-18-14(10-19-15)12-3-5-13(16)6-4-12/h3-6,10-11,17H,7-9H2,1-2H3. The Morgan fingerprint density at radius 1 is 1.26 bits per heavy atom. The molecule has 102 valence electrons. The van der Waals surface area contributed by atoms with Crippen molar-refractivity contribution in [3.8, 4) is 11.3 Å². The Morgan fingerprint density at radius 2 is 2.00 bits per heavy atom. The van der Waals surface area contributed by atoms with Crippen LogP contribution in [0.15, 0.2) is 29.6 Å². The van der Waals surface area contributed by atoms with Gasteiger partial charge in [0.05, 0.1) is 10.7 Å². The van der Waals surface area contributed by atoms with Crippen LogP contribution in [-0.4, -0.2) is 18.1 Å². The molecule has 1 aromatic heterocycles. The van der Waals surface area contributed by atoms with Crippen LogP contribution >= 0.6 is 22.9 Å². The van der Waals surface area contributed by atoms with Crippen molar-refractivity contribution in [2.24, 2.45) is 5.92 Å². The van der Waals surface area contributed by atoms with Gasteiger partial charge in [-0.2, -0.15) is 0 Å². The van der Waals surface area contributed by atoms with Crippen molar-refractivity contribution in [3.05, 3.63) is 39.7 Å². The van der Waals surface area contributed by atoms with Crippen molar-refractivity contribution in [3.63, 3.8) is 0 Å². The number of benzene rings is 1. The van der Waals surface area contributed by atoms with Gasteiger partial charge in [0.15, 0.2) is 0 Å². The fraction of sp³-hybridized carbons (Fsp3) is 0.400. The van der Waals surface area contributed by atoms with Crippen molar-refractivity contribution in [2.75, 3.05) is 13.1 Å². The zero-order valence-corrected chi connectivity index (χ0v) is 12.9. The maximum absolute atomic E-state index is 5.89. The van der Waals surface area contributed by atoms with Crippen LogP contribution in [0.25, 0.3) is 11.3 Å². The van der Waals surface area contributed by atoms with E-state index in [4.69, 9.17) is 11.6 Å². The van der Waals surface area contributed by atoms with Crippen LogP contribution in [0.4, 0.5) is 0 Å². The Bertz CT molecular complexity index is 505. The lowest BCUT2D eigenvalue weighted by Gasteiger charge is -2.05. The molecule has 0 atom stereocenters. The number of nitrogens with one attached hydrogen (secondary N) is 1. The minimum atomic E-state index is 0.695. The molecule has 0 amide bonds. The SMILES string of the molecule is CC(C)CNCCc1nc(-c2ccc(Cl)cc2)cs1. The Kier molecular flexibility index (Phi) is 5.37. The quantitative estimate of drug-likeness (QED) is 0.806. The predicted octanol–water partition coefficient (Wildman–Crippen LogP) is 4.25. The molecule has 19 heavy (non-hydrogen) atoms. The number of thiazole rings is 1. The Hall–Kier alpha value is -0.900. The molecule has 2 nitrogen and oxygen atoms in total. The van der Waals surface area contributed by atoms with Gasteiger partial charge in [0.1, 0.15) is 0 Å². The van der Waals surface area contributed by atoms with Crippen molar-refractivity contribution in [2.45, 2.75) is 20.3 Å². The zero-order valence-electron chi connectivity index (χ0n) is 11.3. The highest BCUT2D eigenvalue weighted by Crippen LogP contribution is 2.23. The molecule has 0 saturated carbocycles. The maximum Gasteiger partial charge on any atom is 0.0945 e. The van der Waals surface area contributed by atoms with E-state index in [0.29, 0.717) is 5.92 Å². The molecule has 0 spiro atoms. The summed E-state index contributed by atoms with van der Waals surface area (Å²) < 4.78 is 0. The third kappa shape index (κ3) is 4.60. The summed E-state index contributed by atoms with van der Waals surface area (Å²) in [5.74, 6) is 0.695. The third-order valence-electron chi connectivity index (χ3n) is 2.76. The molecule has 0 fully saturated rings. The number of nitrogens with zero attached hydrogens (tertiary/aromatic N) is 1. The smallest absolute Gasteiger partial charge is 0.0945 e. The molecule has 0 bridgehead atoms. The molecule has 1 N–H and O–H groups in total. The normalized spacial score (nSPS) is 11.2. The predicted molar refractivity (Wildman–Crippen MR) is 84.0 cm³/mol. The molecule has 1 heterocycles. The highest BCUT2D eigenvalue weighted by atomic mass is 35.5. The maximum atomic E-state index is 5.89. The molecule has 4 heteroatoms. The first-order valence-corrected chi connectivity index (χ1v) is 7.82.